The third kappa shape index (κ3) is 8.42. The molecule has 276 valence electrons. The molecule has 4 nitrogen and oxygen atoms in total. The number of para-hydroxylation sites is 3. The fraction of sp³-hybridized carbons (Fsp3) is 0.0769. The zero-order valence-corrected chi connectivity index (χ0v) is 32.1. The lowest BCUT2D eigenvalue weighted by Gasteiger charge is -2.26. The van der Waals surface area contributed by atoms with Gasteiger partial charge in [-0.15, -0.1) is 0 Å². The van der Waals surface area contributed by atoms with Gasteiger partial charge in [-0.2, -0.15) is 0 Å². The molecule has 7 aromatic carbocycles. The zero-order valence-electron chi connectivity index (χ0n) is 32.1. The second-order valence-corrected chi connectivity index (χ2v) is 13.6. The van der Waals surface area contributed by atoms with Crippen molar-refractivity contribution in [2.45, 2.75) is 19.5 Å². The predicted octanol–water partition coefficient (Wildman–Crippen LogP) is 12.6. The molecule has 0 saturated carbocycles. The lowest BCUT2D eigenvalue weighted by molar-refractivity contribution is 0.694. The number of anilines is 4. The minimum atomic E-state index is 0.0878. The van der Waals surface area contributed by atoms with Gasteiger partial charge in [-0.25, -0.2) is 0 Å². The summed E-state index contributed by atoms with van der Waals surface area (Å²) in [5.74, 6) is 0. The molecule has 56 heavy (non-hydrogen) atoms. The number of nitrogens with zero attached hydrogens (tertiary/aromatic N) is 1. The zero-order chi connectivity index (χ0) is 38.7. The number of nitrogens with one attached hydrogen (secondary N) is 2. The number of rotatable bonds is 9. The Morgan fingerprint density at radius 1 is 0.625 bits per heavy atom. The van der Waals surface area contributed by atoms with Gasteiger partial charge in [0.25, 0.3) is 0 Å². The molecule has 0 aromatic heterocycles. The van der Waals surface area contributed by atoms with Crippen molar-refractivity contribution in [1.29, 1.82) is 0 Å². The maximum absolute atomic E-state index is 6.14. The van der Waals surface area contributed by atoms with Crippen LogP contribution < -0.4 is 21.3 Å². The number of nitrogens with two attached hydrogens (primary N) is 1. The quantitative estimate of drug-likeness (QED) is 0.130. The molecule has 1 aliphatic heterocycles. The van der Waals surface area contributed by atoms with Gasteiger partial charge in [-0.05, 0) is 119 Å². The van der Waals surface area contributed by atoms with Gasteiger partial charge in [0.2, 0.25) is 0 Å². The number of hydrogen-bond acceptors (Lipinski definition) is 4. The molecule has 0 bridgehead atoms. The normalized spacial score (nSPS) is 13.8. The number of allylic oxidation sites excluding steroid dienone is 4. The van der Waals surface area contributed by atoms with E-state index < -0.39 is 0 Å². The Kier molecular flexibility index (Phi) is 12.0. The fourth-order valence-corrected chi connectivity index (χ4v) is 7.38. The van der Waals surface area contributed by atoms with E-state index in [0.717, 1.165) is 40.6 Å². The molecular weight excluding hydrogens is 681 g/mol. The average Bonchev–Trinajstić information content (AvgIpc) is 3.26. The molecule has 0 radical (unpaired) electrons. The van der Waals surface area contributed by atoms with Crippen LogP contribution in [0.15, 0.2) is 212 Å². The summed E-state index contributed by atoms with van der Waals surface area (Å²) in [4.78, 5) is 2.28. The molecule has 1 atom stereocenters. The highest BCUT2D eigenvalue weighted by molar-refractivity contribution is 5.85. The Morgan fingerprint density at radius 2 is 1.18 bits per heavy atom. The SMILES string of the molecule is C=C/C=C1/NCc2ccc(-c3ccc(N(c4ccccc4)c4ccccc4)cc3)cc2/C1=C/C.CNC(c1cccc(-c2ccccc2)c1)c1ccccc1N. The summed E-state index contributed by atoms with van der Waals surface area (Å²) in [7, 11) is 1.96. The summed E-state index contributed by atoms with van der Waals surface area (Å²) in [5, 5.41) is 6.88. The van der Waals surface area contributed by atoms with Crippen LogP contribution >= 0.6 is 0 Å². The lowest BCUT2D eigenvalue weighted by atomic mass is 9.90. The third-order valence-corrected chi connectivity index (χ3v) is 10.1. The highest BCUT2D eigenvalue weighted by Crippen LogP contribution is 2.37. The highest BCUT2D eigenvalue weighted by atomic mass is 15.1. The smallest absolute Gasteiger partial charge is 0.0594 e. The van der Waals surface area contributed by atoms with E-state index in [-0.39, 0.29) is 6.04 Å². The van der Waals surface area contributed by atoms with Gasteiger partial charge in [0.15, 0.2) is 0 Å². The molecule has 7 aromatic rings. The summed E-state index contributed by atoms with van der Waals surface area (Å²) in [6.07, 6.45) is 6.05. The summed E-state index contributed by atoms with van der Waals surface area (Å²) >= 11 is 0. The average molecular weight is 729 g/mol. The Morgan fingerprint density at radius 3 is 1.80 bits per heavy atom. The minimum absolute atomic E-state index is 0.0878. The van der Waals surface area contributed by atoms with Crippen molar-refractivity contribution in [1.82, 2.24) is 10.6 Å². The Balaban J connectivity index is 0.000000189. The molecule has 1 heterocycles. The van der Waals surface area contributed by atoms with Crippen LogP contribution in [0, 0.1) is 0 Å². The largest absolute Gasteiger partial charge is 0.398 e. The second kappa shape index (κ2) is 18.0. The van der Waals surface area contributed by atoms with Crippen LogP contribution in [0.1, 0.15) is 35.2 Å². The molecule has 4 N–H and O–H groups in total. The molecule has 0 saturated heterocycles. The van der Waals surface area contributed by atoms with E-state index in [4.69, 9.17) is 5.73 Å². The first-order valence-electron chi connectivity index (χ1n) is 19.1. The van der Waals surface area contributed by atoms with Crippen LogP contribution in [0.2, 0.25) is 0 Å². The molecule has 0 aliphatic carbocycles. The Hall–Kier alpha value is -6.88. The maximum atomic E-state index is 6.14. The van der Waals surface area contributed by atoms with E-state index in [0.29, 0.717) is 0 Å². The van der Waals surface area contributed by atoms with Crippen LogP contribution in [-0.4, -0.2) is 7.05 Å². The Labute approximate surface area is 332 Å². The topological polar surface area (TPSA) is 53.3 Å². The summed E-state index contributed by atoms with van der Waals surface area (Å²) < 4.78 is 0. The van der Waals surface area contributed by atoms with Crippen LogP contribution in [0.5, 0.6) is 0 Å². The van der Waals surface area contributed by atoms with Crippen LogP contribution in [0.25, 0.3) is 27.8 Å². The monoisotopic (exact) mass is 728 g/mol. The molecule has 4 heteroatoms. The lowest BCUT2D eigenvalue weighted by Crippen LogP contribution is -2.21. The van der Waals surface area contributed by atoms with E-state index in [2.05, 4.69) is 193 Å². The predicted molar refractivity (Wildman–Crippen MR) is 239 cm³/mol. The first-order chi connectivity index (χ1) is 27.6. The Bertz CT molecular complexity index is 2390. The summed E-state index contributed by atoms with van der Waals surface area (Å²) in [6, 6.07) is 63.7. The van der Waals surface area contributed by atoms with Crippen LogP contribution in [0.3, 0.4) is 0 Å². The summed E-state index contributed by atoms with van der Waals surface area (Å²) in [6.45, 7) is 6.78. The van der Waals surface area contributed by atoms with Crippen molar-refractivity contribution in [2.75, 3.05) is 17.7 Å². The van der Waals surface area contributed by atoms with Crippen molar-refractivity contribution >= 4 is 28.3 Å². The maximum Gasteiger partial charge on any atom is 0.0594 e. The molecule has 8 rings (SSSR count). The molecule has 0 fully saturated rings. The standard InChI is InChI=1S/C32H28N2.C20H20N2/c1-3-11-32-30(4-2)31-22-25(16-17-26(31)23-33-32)24-18-20-29(21-19-24)34(27-12-7-5-8-13-27)28-14-9-6-10-15-28;1-22-20(18-12-5-6-13-19(18)21)17-11-7-10-16(14-17)15-8-3-2-4-9-15/h3-22,33H,1,23H2,2H3;2-14,20,22H,21H2,1H3/b30-4-,32-11+;. The number of hydrogen-bond donors (Lipinski definition) is 3. The molecule has 0 spiro atoms. The van der Waals surface area contributed by atoms with E-state index in [1.807, 2.05) is 43.5 Å². The van der Waals surface area contributed by atoms with Crippen molar-refractivity contribution in [2.24, 2.45) is 0 Å². The van der Waals surface area contributed by atoms with E-state index in [9.17, 15) is 0 Å². The van der Waals surface area contributed by atoms with Gasteiger partial charge in [-0.1, -0.05) is 146 Å². The number of nitrogen functional groups attached to an aromatic ring is 1. The van der Waals surface area contributed by atoms with Gasteiger partial charge in [0.05, 0.1) is 6.04 Å². The minimum Gasteiger partial charge on any atom is -0.398 e. The van der Waals surface area contributed by atoms with Crippen molar-refractivity contribution in [3.63, 3.8) is 0 Å². The third-order valence-electron chi connectivity index (χ3n) is 10.1. The summed E-state index contributed by atoms with van der Waals surface area (Å²) in [5.41, 5.74) is 22.5. The van der Waals surface area contributed by atoms with E-state index >= 15 is 0 Å². The van der Waals surface area contributed by atoms with Gasteiger partial charge < -0.3 is 21.3 Å². The molecule has 1 aliphatic rings. The van der Waals surface area contributed by atoms with Crippen LogP contribution in [0.4, 0.5) is 22.7 Å². The van der Waals surface area contributed by atoms with E-state index in [1.165, 1.54) is 44.5 Å². The number of fused-ring (bicyclic) bond motifs is 1. The van der Waals surface area contributed by atoms with Crippen molar-refractivity contribution in [3.8, 4) is 22.3 Å². The first kappa shape index (κ1) is 37.4. The van der Waals surface area contributed by atoms with Gasteiger partial charge >= 0.3 is 0 Å². The van der Waals surface area contributed by atoms with Crippen molar-refractivity contribution < 1.29 is 0 Å². The van der Waals surface area contributed by atoms with Crippen molar-refractivity contribution in [3.05, 3.63) is 235 Å². The molecular formula is C52H48N4. The first-order valence-corrected chi connectivity index (χ1v) is 19.1. The van der Waals surface area contributed by atoms with Gasteiger partial charge in [-0.3, -0.25) is 0 Å². The van der Waals surface area contributed by atoms with Gasteiger partial charge in [0.1, 0.15) is 0 Å². The van der Waals surface area contributed by atoms with E-state index in [1.54, 1.807) is 0 Å². The fourth-order valence-electron chi connectivity index (χ4n) is 7.38. The van der Waals surface area contributed by atoms with Crippen LogP contribution in [-0.2, 0) is 6.54 Å². The molecule has 1 unspecified atom stereocenters. The second-order valence-electron chi connectivity index (χ2n) is 13.6. The molecule has 0 amide bonds. The number of benzene rings is 7. The highest BCUT2D eigenvalue weighted by Gasteiger charge is 2.19. The van der Waals surface area contributed by atoms with Gasteiger partial charge in [0, 0.05) is 40.6 Å².